The summed E-state index contributed by atoms with van der Waals surface area (Å²) < 4.78 is 12.0. The molecule has 0 spiro atoms. The van der Waals surface area contributed by atoms with Crippen LogP contribution in [0.25, 0.3) is 28.4 Å². The zero-order valence-corrected chi connectivity index (χ0v) is 17.7. The van der Waals surface area contributed by atoms with E-state index in [1.807, 2.05) is 60.7 Å². The molecule has 0 aliphatic heterocycles. The Morgan fingerprint density at radius 1 is 1.00 bits per heavy atom. The minimum absolute atomic E-state index is 0.179. The van der Waals surface area contributed by atoms with Crippen molar-refractivity contribution in [3.63, 3.8) is 0 Å². The Bertz CT molecular complexity index is 1360. The molecule has 4 heteroatoms. The highest BCUT2D eigenvalue weighted by atomic mass is 16.5. The maximum atomic E-state index is 13.3. The van der Waals surface area contributed by atoms with Crippen molar-refractivity contribution in [2.45, 2.75) is 6.92 Å². The maximum absolute atomic E-state index is 13.3. The molecule has 0 saturated heterocycles. The van der Waals surface area contributed by atoms with E-state index in [2.05, 4.69) is 6.58 Å². The van der Waals surface area contributed by atoms with Crippen molar-refractivity contribution in [2.24, 2.45) is 0 Å². The summed E-state index contributed by atoms with van der Waals surface area (Å²) in [5.41, 5.74) is 2.38. The minimum Gasteiger partial charge on any atom is -0.489 e. The molecule has 158 valence electrons. The van der Waals surface area contributed by atoms with Crippen LogP contribution in [-0.2, 0) is 0 Å². The molecule has 0 unspecified atom stereocenters. The van der Waals surface area contributed by atoms with E-state index < -0.39 is 0 Å². The predicted octanol–water partition coefficient (Wildman–Crippen LogP) is 6.23. The third-order valence-electron chi connectivity index (χ3n) is 5.12. The van der Waals surface area contributed by atoms with E-state index in [-0.39, 0.29) is 29.0 Å². The molecule has 0 aliphatic carbocycles. The van der Waals surface area contributed by atoms with Gasteiger partial charge < -0.3 is 9.15 Å². The molecule has 0 amide bonds. The molecular formula is C28H22O4. The first-order chi connectivity index (χ1) is 15.6. The van der Waals surface area contributed by atoms with Crippen LogP contribution in [0.3, 0.4) is 0 Å². The van der Waals surface area contributed by atoms with E-state index in [4.69, 9.17) is 9.15 Å². The summed E-state index contributed by atoms with van der Waals surface area (Å²) in [6, 6.07) is 22.1. The monoisotopic (exact) mass is 422 g/mol. The highest BCUT2D eigenvalue weighted by Crippen LogP contribution is 2.32. The van der Waals surface area contributed by atoms with Crippen molar-refractivity contribution >= 4 is 22.8 Å². The smallest absolute Gasteiger partial charge is 0.196 e. The Morgan fingerprint density at radius 3 is 2.38 bits per heavy atom. The van der Waals surface area contributed by atoms with Crippen molar-refractivity contribution < 1.29 is 13.9 Å². The summed E-state index contributed by atoms with van der Waals surface area (Å²) in [6.07, 6.45) is 4.79. The van der Waals surface area contributed by atoms with Crippen molar-refractivity contribution in [1.29, 1.82) is 0 Å². The molecule has 4 rings (SSSR count). The van der Waals surface area contributed by atoms with E-state index in [1.54, 1.807) is 31.2 Å². The largest absolute Gasteiger partial charge is 0.489 e. The van der Waals surface area contributed by atoms with Gasteiger partial charge in [0, 0.05) is 11.1 Å². The first-order valence-corrected chi connectivity index (χ1v) is 10.3. The number of benzene rings is 3. The third kappa shape index (κ3) is 4.16. The average molecular weight is 422 g/mol. The van der Waals surface area contributed by atoms with Crippen LogP contribution >= 0.6 is 0 Å². The van der Waals surface area contributed by atoms with Gasteiger partial charge in [-0.05, 0) is 30.7 Å². The Labute approximate surface area is 186 Å². The molecule has 0 radical (unpaired) electrons. The summed E-state index contributed by atoms with van der Waals surface area (Å²) in [6.45, 7) is 5.62. The van der Waals surface area contributed by atoms with Crippen LogP contribution in [-0.4, -0.2) is 12.4 Å². The van der Waals surface area contributed by atoms with E-state index in [9.17, 15) is 9.59 Å². The van der Waals surface area contributed by atoms with Gasteiger partial charge in [0.1, 0.15) is 23.7 Å². The first kappa shape index (κ1) is 21.1. The molecule has 0 N–H and O–H groups in total. The zero-order chi connectivity index (χ0) is 22.5. The molecule has 1 aromatic heterocycles. The first-order valence-electron chi connectivity index (χ1n) is 10.3. The number of hydrogen-bond acceptors (Lipinski definition) is 4. The van der Waals surface area contributed by atoms with Gasteiger partial charge >= 0.3 is 0 Å². The molecule has 32 heavy (non-hydrogen) atoms. The van der Waals surface area contributed by atoms with Crippen LogP contribution in [0.4, 0.5) is 0 Å². The number of allylic oxidation sites excluding steroid dienone is 1. The highest BCUT2D eigenvalue weighted by molar-refractivity contribution is 6.15. The van der Waals surface area contributed by atoms with Gasteiger partial charge in [-0.2, -0.15) is 0 Å². The van der Waals surface area contributed by atoms with Crippen molar-refractivity contribution in [1.82, 2.24) is 0 Å². The summed E-state index contributed by atoms with van der Waals surface area (Å²) >= 11 is 0. The Hall–Kier alpha value is -4.18. The van der Waals surface area contributed by atoms with Crippen LogP contribution in [0.2, 0.25) is 0 Å². The quantitative estimate of drug-likeness (QED) is 0.201. The normalized spacial score (nSPS) is 11.0. The van der Waals surface area contributed by atoms with Crippen molar-refractivity contribution in [3.05, 3.63) is 118 Å². The van der Waals surface area contributed by atoms with Crippen molar-refractivity contribution in [3.8, 4) is 17.1 Å². The second-order valence-corrected chi connectivity index (χ2v) is 7.27. The number of carbonyl (C=O) groups is 1. The second kappa shape index (κ2) is 9.31. The van der Waals surface area contributed by atoms with Gasteiger partial charge in [0.2, 0.25) is 0 Å². The fraction of sp³-hybridized carbons (Fsp3) is 0.0714. The molecule has 0 bridgehead atoms. The lowest BCUT2D eigenvalue weighted by atomic mass is 10.0. The van der Waals surface area contributed by atoms with Crippen LogP contribution < -0.4 is 10.2 Å². The summed E-state index contributed by atoms with van der Waals surface area (Å²) in [7, 11) is 0. The minimum atomic E-state index is -0.315. The van der Waals surface area contributed by atoms with Crippen LogP contribution in [0, 0.1) is 6.92 Å². The van der Waals surface area contributed by atoms with E-state index in [0.29, 0.717) is 22.5 Å². The topological polar surface area (TPSA) is 56.5 Å². The molecule has 1 heterocycles. The summed E-state index contributed by atoms with van der Waals surface area (Å²) in [5.74, 6) is 0.459. The maximum Gasteiger partial charge on any atom is 0.196 e. The van der Waals surface area contributed by atoms with Gasteiger partial charge in [-0.15, -0.1) is 0 Å². The summed E-state index contributed by atoms with van der Waals surface area (Å²) in [5, 5.41) is 0.338. The van der Waals surface area contributed by atoms with Gasteiger partial charge in [-0.1, -0.05) is 79.4 Å². The standard InChI is InChI=1S/C28H22O4/c1-3-18-31-24-17-15-22-26(30)19(2)27(21-12-8-5-9-13-21)32-28(22)25(24)23(29)16-14-20-10-6-4-7-11-20/h3-17H,1,18H2,2H3/b16-14+. The van der Waals surface area contributed by atoms with Gasteiger partial charge in [0.25, 0.3) is 0 Å². The highest BCUT2D eigenvalue weighted by Gasteiger charge is 2.21. The van der Waals surface area contributed by atoms with Crippen LogP contribution in [0.1, 0.15) is 21.5 Å². The number of fused-ring (bicyclic) bond motifs is 1. The fourth-order valence-corrected chi connectivity index (χ4v) is 3.52. The Kier molecular flexibility index (Phi) is 6.13. The second-order valence-electron chi connectivity index (χ2n) is 7.27. The zero-order valence-electron chi connectivity index (χ0n) is 17.7. The Balaban J connectivity index is 1.94. The number of hydrogen-bond donors (Lipinski definition) is 0. The van der Waals surface area contributed by atoms with Gasteiger partial charge in [0.15, 0.2) is 16.8 Å². The van der Waals surface area contributed by atoms with Crippen LogP contribution in [0.5, 0.6) is 5.75 Å². The van der Waals surface area contributed by atoms with E-state index in [1.165, 1.54) is 6.08 Å². The lowest BCUT2D eigenvalue weighted by Crippen LogP contribution is -2.11. The Morgan fingerprint density at radius 2 is 1.69 bits per heavy atom. The number of ether oxygens (including phenoxy) is 1. The molecule has 4 aromatic rings. The van der Waals surface area contributed by atoms with Crippen LogP contribution in [0.15, 0.2) is 101 Å². The molecule has 0 fully saturated rings. The lowest BCUT2D eigenvalue weighted by Gasteiger charge is -2.13. The van der Waals surface area contributed by atoms with Crippen molar-refractivity contribution in [2.75, 3.05) is 6.61 Å². The van der Waals surface area contributed by atoms with Gasteiger partial charge in [-0.25, -0.2) is 0 Å². The molecule has 0 aliphatic rings. The molecule has 0 atom stereocenters. The third-order valence-corrected chi connectivity index (χ3v) is 5.12. The number of carbonyl (C=O) groups excluding carboxylic acids is 1. The van der Waals surface area contributed by atoms with E-state index in [0.717, 1.165) is 11.1 Å². The SMILES string of the molecule is C=CCOc1ccc2c(=O)c(C)c(-c3ccccc3)oc2c1C(=O)/C=C/c1ccccc1. The van der Waals surface area contributed by atoms with E-state index >= 15 is 0 Å². The molecular weight excluding hydrogens is 400 g/mol. The molecule has 4 nitrogen and oxygen atoms in total. The van der Waals surface area contributed by atoms with Gasteiger partial charge in [-0.3, -0.25) is 9.59 Å². The fourth-order valence-electron chi connectivity index (χ4n) is 3.52. The number of ketones is 1. The van der Waals surface area contributed by atoms with Gasteiger partial charge in [0.05, 0.1) is 5.39 Å². The predicted molar refractivity (Wildman–Crippen MR) is 128 cm³/mol. The number of rotatable bonds is 7. The average Bonchev–Trinajstić information content (AvgIpc) is 2.84. The summed E-state index contributed by atoms with van der Waals surface area (Å²) in [4.78, 5) is 26.5. The molecule has 0 saturated carbocycles. The molecule has 3 aromatic carbocycles. The lowest BCUT2D eigenvalue weighted by molar-refractivity contribution is 0.104.